The quantitative estimate of drug-likeness (QED) is 0.137. The van der Waals surface area contributed by atoms with Gasteiger partial charge in [0.25, 0.3) is 0 Å². The highest BCUT2D eigenvalue weighted by Crippen LogP contribution is 2.57. The van der Waals surface area contributed by atoms with Crippen molar-refractivity contribution in [3.05, 3.63) is 325 Å². The van der Waals surface area contributed by atoms with Gasteiger partial charge in [-0.25, -0.2) is 19.9 Å². The third-order valence-electron chi connectivity index (χ3n) is 16.1. The molecule has 16 rings (SSSR count). The molecule has 4 nitrogen and oxygen atoms in total. The Morgan fingerprint density at radius 2 is 0.425 bits per heavy atom. The molecule has 3 aliphatic rings. The van der Waals surface area contributed by atoms with E-state index in [2.05, 4.69) is 291 Å². The molecular formula is C76H50N4. The molecule has 0 saturated heterocycles. The maximum absolute atomic E-state index is 5.40. The van der Waals surface area contributed by atoms with Crippen LogP contribution in [0, 0.1) is 0 Å². The molecule has 4 heteroatoms. The van der Waals surface area contributed by atoms with Gasteiger partial charge >= 0.3 is 0 Å². The van der Waals surface area contributed by atoms with Gasteiger partial charge in [0.05, 0.1) is 22.8 Å². The van der Waals surface area contributed by atoms with Crippen LogP contribution in [-0.2, 0) is 0 Å². The van der Waals surface area contributed by atoms with Gasteiger partial charge in [0, 0.05) is 45.2 Å². The first-order valence-electron chi connectivity index (χ1n) is 27.4. The largest absolute Gasteiger partial charge is 0.228 e. The number of nitrogens with zero attached hydrogens (tertiary/aromatic N) is 4. The molecule has 0 spiro atoms. The summed E-state index contributed by atoms with van der Waals surface area (Å²) in [6.45, 7) is 0. The van der Waals surface area contributed by atoms with Gasteiger partial charge in [-0.05, 0) is 114 Å². The molecule has 2 unspecified atom stereocenters. The van der Waals surface area contributed by atoms with Gasteiger partial charge in [0.2, 0.25) is 0 Å². The van der Waals surface area contributed by atoms with E-state index in [0.717, 1.165) is 78.4 Å². The van der Waals surface area contributed by atoms with E-state index in [-0.39, 0.29) is 11.8 Å². The van der Waals surface area contributed by atoms with Crippen LogP contribution < -0.4 is 0 Å². The molecule has 0 N–H and O–H groups in total. The smallest absolute Gasteiger partial charge is 0.160 e. The molecule has 0 aliphatic heterocycles. The van der Waals surface area contributed by atoms with Crippen LogP contribution in [0.4, 0.5) is 0 Å². The monoisotopic (exact) mass is 1020 g/mol. The molecule has 0 amide bonds. The predicted octanol–water partition coefficient (Wildman–Crippen LogP) is 18.9. The lowest BCUT2D eigenvalue weighted by Gasteiger charge is -2.42. The van der Waals surface area contributed by atoms with Gasteiger partial charge in [-0.2, -0.15) is 0 Å². The maximum Gasteiger partial charge on any atom is 0.160 e. The van der Waals surface area contributed by atoms with E-state index < -0.39 is 0 Å². The fraction of sp³-hybridized carbons (Fsp3) is 0.0263. The maximum atomic E-state index is 5.40. The van der Waals surface area contributed by atoms with Gasteiger partial charge in [-0.3, -0.25) is 0 Å². The van der Waals surface area contributed by atoms with Crippen molar-refractivity contribution in [1.29, 1.82) is 0 Å². The van der Waals surface area contributed by atoms with Gasteiger partial charge in [0.1, 0.15) is 0 Å². The van der Waals surface area contributed by atoms with Crippen LogP contribution in [0.1, 0.15) is 45.2 Å². The standard InChI is InChI=1S/C76H50N4/c1-5-17-49(18-6-1)51-31-35-53(36-32-51)57-25-15-27-59(43-57)71-47-69(55-21-9-3-10-22-55)77-75(79-71)61-39-41-65-67(45-61)73-63-29-13-14-30-64(63)74(65)68-46-62(40-42-66(68)73)76-78-70(56-23-11-4-12-24-56)48-72(80-76)60-28-16-26-58(44-60)54-37-33-52(34-38-54)50-19-7-2-8-20-50/h1-48,73-74H. The third-order valence-corrected chi connectivity index (χ3v) is 16.1. The summed E-state index contributed by atoms with van der Waals surface area (Å²) in [6, 6.07) is 104. The molecule has 2 aromatic heterocycles. The Morgan fingerprint density at radius 1 is 0.163 bits per heavy atom. The fourth-order valence-electron chi connectivity index (χ4n) is 12.1. The molecule has 0 fully saturated rings. The molecule has 0 saturated carbocycles. The zero-order valence-corrected chi connectivity index (χ0v) is 43.7. The topological polar surface area (TPSA) is 51.6 Å². The molecule has 3 aliphatic carbocycles. The number of hydrogen-bond donors (Lipinski definition) is 0. The summed E-state index contributed by atoms with van der Waals surface area (Å²) >= 11 is 0. The SMILES string of the molecule is c1ccc(-c2ccc(-c3cccc(-c4cc(-c5ccccc5)nc(-c5ccc6c(c5)C5c7ccccc7C6c6cc(-c7nc(-c8ccccc8)cc(-c8cccc(-c9ccc(-c%10ccccc%10)cc9)c8)n7)ccc65)n4)c3)cc2)cc1. The second-order valence-corrected chi connectivity index (χ2v) is 20.9. The summed E-state index contributed by atoms with van der Waals surface area (Å²) in [5.41, 5.74) is 26.9. The minimum absolute atomic E-state index is 0.0218. The first-order chi connectivity index (χ1) is 39.6. The summed E-state index contributed by atoms with van der Waals surface area (Å²) in [5.74, 6) is 1.44. The average Bonchev–Trinajstić information content (AvgIpc) is 3.68. The van der Waals surface area contributed by atoms with E-state index >= 15 is 0 Å². The van der Waals surface area contributed by atoms with Crippen LogP contribution in [0.15, 0.2) is 291 Å². The van der Waals surface area contributed by atoms with Crippen molar-refractivity contribution in [1.82, 2.24) is 19.9 Å². The van der Waals surface area contributed by atoms with Crippen LogP contribution in [0.25, 0.3) is 112 Å². The number of aromatic nitrogens is 4. The van der Waals surface area contributed by atoms with Crippen molar-refractivity contribution in [2.24, 2.45) is 0 Å². The van der Waals surface area contributed by atoms with Crippen molar-refractivity contribution >= 4 is 0 Å². The minimum Gasteiger partial charge on any atom is -0.228 e. The van der Waals surface area contributed by atoms with Crippen LogP contribution in [0.5, 0.6) is 0 Å². The second-order valence-electron chi connectivity index (χ2n) is 20.9. The zero-order valence-electron chi connectivity index (χ0n) is 43.7. The van der Waals surface area contributed by atoms with E-state index in [1.54, 1.807) is 0 Å². The lowest BCUT2D eigenvalue weighted by Crippen LogP contribution is -2.27. The first kappa shape index (κ1) is 46.8. The molecule has 374 valence electrons. The van der Waals surface area contributed by atoms with E-state index in [4.69, 9.17) is 19.9 Å². The van der Waals surface area contributed by atoms with Crippen molar-refractivity contribution < 1.29 is 0 Å². The van der Waals surface area contributed by atoms with Gasteiger partial charge in [-0.15, -0.1) is 0 Å². The highest BCUT2D eigenvalue weighted by atomic mass is 14.9. The van der Waals surface area contributed by atoms with Gasteiger partial charge < -0.3 is 0 Å². The van der Waals surface area contributed by atoms with E-state index in [9.17, 15) is 0 Å². The Bertz CT molecular complexity index is 4150. The van der Waals surface area contributed by atoms with Crippen LogP contribution >= 0.6 is 0 Å². The second kappa shape index (κ2) is 19.9. The molecule has 0 radical (unpaired) electrons. The molecular weight excluding hydrogens is 969 g/mol. The van der Waals surface area contributed by atoms with E-state index in [0.29, 0.717) is 11.6 Å². The van der Waals surface area contributed by atoms with Gasteiger partial charge in [0.15, 0.2) is 11.6 Å². The molecule has 2 bridgehead atoms. The lowest BCUT2D eigenvalue weighted by atomic mass is 9.61. The summed E-state index contributed by atoms with van der Waals surface area (Å²) in [6.07, 6.45) is 0. The summed E-state index contributed by atoms with van der Waals surface area (Å²) < 4.78 is 0. The Hall–Kier alpha value is -10.4. The number of rotatable bonds is 10. The van der Waals surface area contributed by atoms with Crippen molar-refractivity contribution in [3.8, 4) is 112 Å². The Labute approximate surface area is 466 Å². The third kappa shape index (κ3) is 8.61. The molecule has 80 heavy (non-hydrogen) atoms. The zero-order chi connectivity index (χ0) is 52.9. The Morgan fingerprint density at radius 3 is 0.800 bits per heavy atom. The summed E-state index contributed by atoms with van der Waals surface area (Å²) in [5, 5.41) is 0. The minimum atomic E-state index is 0.0218. The highest BCUT2D eigenvalue weighted by molar-refractivity contribution is 5.81. The average molecular weight is 1020 g/mol. The molecule has 13 aromatic rings. The lowest BCUT2D eigenvalue weighted by molar-refractivity contribution is 0.754. The Balaban J connectivity index is 0.797. The highest BCUT2D eigenvalue weighted by Gasteiger charge is 2.41. The van der Waals surface area contributed by atoms with Gasteiger partial charge in [-0.1, -0.05) is 255 Å². The number of benzene rings is 11. The summed E-state index contributed by atoms with van der Waals surface area (Å²) in [4.78, 5) is 21.5. The number of hydrogen-bond acceptors (Lipinski definition) is 4. The first-order valence-corrected chi connectivity index (χ1v) is 27.4. The van der Waals surface area contributed by atoms with Crippen LogP contribution in [0.3, 0.4) is 0 Å². The fourth-order valence-corrected chi connectivity index (χ4v) is 12.1. The van der Waals surface area contributed by atoms with Crippen molar-refractivity contribution in [3.63, 3.8) is 0 Å². The van der Waals surface area contributed by atoms with Crippen LogP contribution in [-0.4, -0.2) is 19.9 Å². The van der Waals surface area contributed by atoms with Crippen LogP contribution in [0.2, 0.25) is 0 Å². The molecule has 2 heterocycles. The van der Waals surface area contributed by atoms with E-state index in [1.165, 1.54) is 55.6 Å². The molecule has 11 aromatic carbocycles. The normalized spacial score (nSPS) is 13.8. The van der Waals surface area contributed by atoms with E-state index in [1.807, 2.05) is 0 Å². The molecule has 2 atom stereocenters. The predicted molar refractivity (Wildman–Crippen MR) is 327 cm³/mol. The van der Waals surface area contributed by atoms with Crippen molar-refractivity contribution in [2.75, 3.05) is 0 Å². The van der Waals surface area contributed by atoms with Crippen molar-refractivity contribution in [2.45, 2.75) is 11.8 Å². The Kier molecular flexibility index (Phi) is 11.6. The summed E-state index contributed by atoms with van der Waals surface area (Å²) in [7, 11) is 0.